The highest BCUT2D eigenvalue weighted by molar-refractivity contribution is 5.30. The highest BCUT2D eigenvalue weighted by Gasteiger charge is 2.17. The molecular formula is C16H16FNO. The number of benzene rings is 2. The third-order valence-corrected chi connectivity index (χ3v) is 3.41. The van der Waals surface area contributed by atoms with Crippen LogP contribution in [0.25, 0.3) is 0 Å². The first-order valence-corrected chi connectivity index (χ1v) is 6.50. The summed E-state index contributed by atoms with van der Waals surface area (Å²) in [5, 5.41) is 3.44. The first kappa shape index (κ1) is 12.2. The zero-order valence-corrected chi connectivity index (χ0v) is 10.6. The van der Waals surface area contributed by atoms with E-state index in [0.29, 0.717) is 12.4 Å². The third kappa shape index (κ3) is 2.93. The van der Waals surface area contributed by atoms with Crippen molar-refractivity contribution in [1.29, 1.82) is 0 Å². The minimum atomic E-state index is -0.264. The normalized spacial score (nSPS) is 17.8. The minimum absolute atomic E-state index is 0.264. The molecular weight excluding hydrogens is 241 g/mol. The van der Waals surface area contributed by atoms with E-state index >= 15 is 0 Å². The number of ether oxygens (including phenoxy) is 1. The Morgan fingerprint density at radius 2 is 1.95 bits per heavy atom. The zero-order valence-electron chi connectivity index (χ0n) is 10.6. The summed E-state index contributed by atoms with van der Waals surface area (Å²) in [6, 6.07) is 15.0. The van der Waals surface area contributed by atoms with Gasteiger partial charge in [-0.05, 0) is 29.7 Å². The van der Waals surface area contributed by atoms with E-state index in [0.717, 1.165) is 13.0 Å². The molecule has 1 atom stereocenters. The van der Waals surface area contributed by atoms with Gasteiger partial charge in [-0.2, -0.15) is 0 Å². The van der Waals surface area contributed by atoms with Crippen molar-refractivity contribution >= 4 is 0 Å². The molecule has 2 aromatic carbocycles. The summed E-state index contributed by atoms with van der Waals surface area (Å²) >= 11 is 0. The lowest BCUT2D eigenvalue weighted by Gasteiger charge is -2.26. The van der Waals surface area contributed by atoms with Crippen molar-refractivity contribution in [3.8, 4) is 5.75 Å². The smallest absolute Gasteiger partial charge is 0.126 e. The molecule has 2 nitrogen and oxygen atoms in total. The van der Waals surface area contributed by atoms with Crippen molar-refractivity contribution in [2.24, 2.45) is 0 Å². The summed E-state index contributed by atoms with van der Waals surface area (Å²) in [6.45, 7) is 1.42. The molecule has 0 aromatic heterocycles. The predicted molar refractivity (Wildman–Crippen MR) is 72.7 cm³/mol. The molecule has 1 aliphatic heterocycles. The lowest BCUT2D eigenvalue weighted by atomic mass is 9.96. The highest BCUT2D eigenvalue weighted by Crippen LogP contribution is 2.18. The van der Waals surface area contributed by atoms with Gasteiger partial charge >= 0.3 is 0 Å². The maximum atomic E-state index is 13.0. The summed E-state index contributed by atoms with van der Waals surface area (Å²) in [6.07, 6.45) is 0.950. The van der Waals surface area contributed by atoms with Crippen LogP contribution in [0.4, 0.5) is 4.39 Å². The Bertz CT molecular complexity index is 570. The second-order valence-corrected chi connectivity index (χ2v) is 4.82. The maximum Gasteiger partial charge on any atom is 0.126 e. The fourth-order valence-corrected chi connectivity index (χ4v) is 2.39. The number of fused-ring (bicyclic) bond motifs is 1. The largest absolute Gasteiger partial charge is 0.492 e. The first-order chi connectivity index (χ1) is 9.31. The van der Waals surface area contributed by atoms with Gasteiger partial charge < -0.3 is 10.1 Å². The van der Waals surface area contributed by atoms with Gasteiger partial charge in [-0.3, -0.25) is 0 Å². The molecule has 0 aliphatic carbocycles. The van der Waals surface area contributed by atoms with Crippen LogP contribution in [0, 0.1) is 5.82 Å². The Hall–Kier alpha value is -1.87. The Morgan fingerprint density at radius 1 is 1.11 bits per heavy atom. The molecule has 1 unspecified atom stereocenters. The van der Waals surface area contributed by atoms with Gasteiger partial charge in [-0.1, -0.05) is 30.3 Å². The molecule has 3 rings (SSSR count). The molecule has 0 radical (unpaired) electrons. The van der Waals surface area contributed by atoms with Crippen molar-refractivity contribution in [2.75, 3.05) is 6.61 Å². The highest BCUT2D eigenvalue weighted by atomic mass is 19.1. The van der Waals surface area contributed by atoms with Gasteiger partial charge in [-0.25, -0.2) is 4.39 Å². The van der Waals surface area contributed by atoms with E-state index in [9.17, 15) is 4.39 Å². The van der Waals surface area contributed by atoms with Crippen molar-refractivity contribution in [2.45, 2.75) is 19.0 Å². The van der Waals surface area contributed by atoms with Crippen LogP contribution in [-0.4, -0.2) is 12.6 Å². The number of hydrogen-bond acceptors (Lipinski definition) is 2. The van der Waals surface area contributed by atoms with Crippen LogP contribution >= 0.6 is 0 Å². The molecule has 3 heteroatoms. The summed E-state index contributed by atoms with van der Waals surface area (Å²) in [5.74, 6) is 0.320. The number of halogens is 1. The molecule has 19 heavy (non-hydrogen) atoms. The number of nitrogens with one attached hydrogen (secondary N) is 1. The summed E-state index contributed by atoms with van der Waals surface area (Å²) in [7, 11) is 0. The first-order valence-electron chi connectivity index (χ1n) is 6.50. The van der Waals surface area contributed by atoms with Crippen LogP contribution < -0.4 is 10.1 Å². The van der Waals surface area contributed by atoms with Gasteiger partial charge in [0.25, 0.3) is 0 Å². The van der Waals surface area contributed by atoms with Gasteiger partial charge in [0.2, 0.25) is 0 Å². The molecule has 0 spiro atoms. The molecule has 0 amide bonds. The number of rotatable bonds is 3. The topological polar surface area (TPSA) is 21.3 Å². The Balaban J connectivity index is 1.61. The van der Waals surface area contributed by atoms with Crippen molar-refractivity contribution in [3.05, 3.63) is 65.5 Å². The van der Waals surface area contributed by atoms with E-state index in [-0.39, 0.29) is 11.9 Å². The average Bonchev–Trinajstić information content (AvgIpc) is 2.45. The Morgan fingerprint density at radius 3 is 2.79 bits per heavy atom. The van der Waals surface area contributed by atoms with Crippen LogP contribution in [0.5, 0.6) is 5.75 Å². The number of hydrogen-bond donors (Lipinski definition) is 1. The average molecular weight is 257 g/mol. The third-order valence-electron chi connectivity index (χ3n) is 3.41. The predicted octanol–water partition coefficient (Wildman–Crippen LogP) is 2.92. The molecule has 0 fully saturated rings. The van der Waals surface area contributed by atoms with Crippen LogP contribution in [0.3, 0.4) is 0 Å². The Kier molecular flexibility index (Phi) is 3.47. The van der Waals surface area contributed by atoms with Crippen LogP contribution in [-0.2, 0) is 13.0 Å². The van der Waals surface area contributed by atoms with E-state index in [4.69, 9.17) is 4.74 Å². The van der Waals surface area contributed by atoms with E-state index in [1.807, 2.05) is 0 Å². The fourth-order valence-electron chi connectivity index (χ4n) is 2.39. The second-order valence-electron chi connectivity index (χ2n) is 4.82. The lowest BCUT2D eigenvalue weighted by molar-refractivity contribution is 0.255. The zero-order chi connectivity index (χ0) is 13.1. The van der Waals surface area contributed by atoms with Crippen LogP contribution in [0.15, 0.2) is 48.5 Å². The van der Waals surface area contributed by atoms with E-state index in [1.165, 1.54) is 23.3 Å². The molecule has 1 heterocycles. The molecule has 1 N–H and O–H groups in total. The van der Waals surface area contributed by atoms with Crippen molar-refractivity contribution in [3.63, 3.8) is 0 Å². The standard InChI is InChI=1S/C16H16FNO/c17-14-6-3-7-16(9-14)19-11-15-8-12-4-1-2-5-13(12)10-18-15/h1-7,9,15,18H,8,10-11H2. The van der Waals surface area contributed by atoms with Gasteiger partial charge in [0.15, 0.2) is 0 Å². The molecule has 2 aromatic rings. The van der Waals surface area contributed by atoms with E-state index < -0.39 is 0 Å². The minimum Gasteiger partial charge on any atom is -0.492 e. The molecule has 98 valence electrons. The van der Waals surface area contributed by atoms with E-state index in [2.05, 4.69) is 29.6 Å². The van der Waals surface area contributed by atoms with Gasteiger partial charge in [0.1, 0.15) is 18.2 Å². The monoisotopic (exact) mass is 257 g/mol. The van der Waals surface area contributed by atoms with Gasteiger partial charge in [-0.15, -0.1) is 0 Å². The SMILES string of the molecule is Fc1cccc(OCC2Cc3ccccc3CN2)c1. The Labute approximate surface area is 112 Å². The lowest BCUT2D eigenvalue weighted by Crippen LogP contribution is -2.39. The quantitative estimate of drug-likeness (QED) is 0.913. The summed E-state index contributed by atoms with van der Waals surface area (Å²) in [4.78, 5) is 0. The summed E-state index contributed by atoms with van der Waals surface area (Å²) in [5.41, 5.74) is 2.72. The van der Waals surface area contributed by atoms with Crippen LogP contribution in [0.2, 0.25) is 0 Å². The molecule has 0 saturated heterocycles. The van der Waals surface area contributed by atoms with Gasteiger partial charge in [0.05, 0.1) is 0 Å². The fraction of sp³-hybridized carbons (Fsp3) is 0.250. The van der Waals surface area contributed by atoms with E-state index in [1.54, 1.807) is 12.1 Å². The van der Waals surface area contributed by atoms with Crippen molar-refractivity contribution < 1.29 is 9.13 Å². The van der Waals surface area contributed by atoms with Crippen LogP contribution in [0.1, 0.15) is 11.1 Å². The van der Waals surface area contributed by atoms with Gasteiger partial charge in [0, 0.05) is 18.7 Å². The second kappa shape index (κ2) is 5.41. The molecule has 0 saturated carbocycles. The summed E-state index contributed by atoms with van der Waals surface area (Å²) < 4.78 is 18.7. The van der Waals surface area contributed by atoms with Crippen molar-refractivity contribution in [1.82, 2.24) is 5.32 Å². The maximum absolute atomic E-state index is 13.0. The molecule has 1 aliphatic rings. The molecule has 0 bridgehead atoms.